The van der Waals surface area contributed by atoms with E-state index in [0.29, 0.717) is 0 Å². The fourth-order valence-electron chi connectivity index (χ4n) is 2.31. The molecule has 2 nitrogen and oxygen atoms in total. The largest absolute Gasteiger partial charge is 0.327 e. The van der Waals surface area contributed by atoms with Crippen LogP contribution in [0.4, 0.5) is 0 Å². The van der Waals surface area contributed by atoms with Gasteiger partial charge in [-0.1, -0.05) is 62.9 Å². The molecule has 0 aliphatic rings. The third kappa shape index (κ3) is 4.73. The van der Waals surface area contributed by atoms with Crippen molar-refractivity contribution in [2.75, 3.05) is 0 Å². The Morgan fingerprint density at radius 2 is 1.95 bits per heavy atom. The van der Waals surface area contributed by atoms with E-state index in [-0.39, 0.29) is 6.04 Å². The van der Waals surface area contributed by atoms with Gasteiger partial charge in [0.15, 0.2) is 0 Å². The average molecular weight is 288 g/mol. The molecule has 0 spiro atoms. The third-order valence-electron chi connectivity index (χ3n) is 3.49. The summed E-state index contributed by atoms with van der Waals surface area (Å²) in [5, 5.41) is 3.29. The molecule has 0 bridgehead atoms. The first-order valence-electron chi connectivity index (χ1n) is 7.55. The molecule has 0 saturated heterocycles. The van der Waals surface area contributed by atoms with E-state index in [0.717, 1.165) is 23.5 Å². The second-order valence-corrected chi connectivity index (χ2v) is 6.25. The predicted octanol–water partition coefficient (Wildman–Crippen LogP) is 4.65. The highest BCUT2D eigenvalue weighted by atomic mass is 32.1. The summed E-state index contributed by atoms with van der Waals surface area (Å²) < 4.78 is 0. The van der Waals surface area contributed by atoms with Crippen LogP contribution in [0.25, 0.3) is 11.3 Å². The summed E-state index contributed by atoms with van der Waals surface area (Å²) in [7, 11) is 0. The molecule has 108 valence electrons. The van der Waals surface area contributed by atoms with Crippen molar-refractivity contribution in [2.45, 2.75) is 51.5 Å². The Balaban J connectivity index is 1.83. The zero-order valence-corrected chi connectivity index (χ0v) is 13.0. The van der Waals surface area contributed by atoms with Crippen molar-refractivity contribution >= 4 is 11.3 Å². The molecule has 2 aromatic rings. The summed E-state index contributed by atoms with van der Waals surface area (Å²) >= 11 is 1.73. The molecule has 2 N–H and O–H groups in total. The van der Waals surface area contributed by atoms with Crippen molar-refractivity contribution in [1.29, 1.82) is 0 Å². The van der Waals surface area contributed by atoms with Gasteiger partial charge in [-0.25, -0.2) is 4.98 Å². The second-order valence-electron chi connectivity index (χ2n) is 5.31. The molecular formula is C17H24N2S. The van der Waals surface area contributed by atoms with Crippen molar-refractivity contribution in [3.05, 3.63) is 40.7 Å². The lowest BCUT2D eigenvalue weighted by atomic mass is 10.1. The van der Waals surface area contributed by atoms with Crippen LogP contribution in [0.5, 0.6) is 0 Å². The smallest absolute Gasteiger partial charge is 0.0948 e. The summed E-state index contributed by atoms with van der Waals surface area (Å²) in [6, 6.07) is 10.6. The van der Waals surface area contributed by atoms with Gasteiger partial charge >= 0.3 is 0 Å². The number of unbranched alkanes of at least 4 members (excludes halogenated alkanes) is 3. The predicted molar refractivity (Wildman–Crippen MR) is 88.0 cm³/mol. The van der Waals surface area contributed by atoms with Gasteiger partial charge in [0, 0.05) is 23.4 Å². The maximum atomic E-state index is 6.20. The van der Waals surface area contributed by atoms with Crippen LogP contribution in [0.1, 0.15) is 44.0 Å². The molecule has 1 aromatic heterocycles. The lowest BCUT2D eigenvalue weighted by Crippen LogP contribution is -2.22. The van der Waals surface area contributed by atoms with E-state index in [1.165, 1.54) is 31.2 Å². The summed E-state index contributed by atoms with van der Waals surface area (Å²) in [6.45, 7) is 2.24. The Labute approximate surface area is 126 Å². The van der Waals surface area contributed by atoms with Crippen LogP contribution in [-0.4, -0.2) is 11.0 Å². The van der Waals surface area contributed by atoms with Gasteiger partial charge in [0.2, 0.25) is 0 Å². The minimum Gasteiger partial charge on any atom is -0.327 e. The Kier molecular flexibility index (Phi) is 6.22. The van der Waals surface area contributed by atoms with Crippen molar-refractivity contribution in [3.63, 3.8) is 0 Å². The van der Waals surface area contributed by atoms with E-state index in [9.17, 15) is 0 Å². The van der Waals surface area contributed by atoms with Gasteiger partial charge in [-0.15, -0.1) is 11.3 Å². The average Bonchev–Trinajstić information content (AvgIpc) is 2.93. The maximum Gasteiger partial charge on any atom is 0.0948 e. The van der Waals surface area contributed by atoms with E-state index in [2.05, 4.69) is 24.4 Å². The highest BCUT2D eigenvalue weighted by Crippen LogP contribution is 2.22. The first-order valence-corrected chi connectivity index (χ1v) is 8.43. The highest BCUT2D eigenvalue weighted by Gasteiger charge is 2.09. The van der Waals surface area contributed by atoms with E-state index in [1.54, 1.807) is 11.3 Å². The zero-order valence-electron chi connectivity index (χ0n) is 12.2. The molecule has 3 heteroatoms. The van der Waals surface area contributed by atoms with Gasteiger partial charge in [-0.05, 0) is 6.42 Å². The molecule has 1 heterocycles. The fourth-order valence-corrected chi connectivity index (χ4v) is 3.20. The molecule has 20 heavy (non-hydrogen) atoms. The van der Waals surface area contributed by atoms with Crippen LogP contribution < -0.4 is 5.73 Å². The van der Waals surface area contributed by atoms with E-state index in [1.807, 2.05) is 18.2 Å². The Morgan fingerprint density at radius 3 is 2.70 bits per heavy atom. The Morgan fingerprint density at radius 1 is 1.15 bits per heavy atom. The van der Waals surface area contributed by atoms with Crippen LogP contribution in [0.2, 0.25) is 0 Å². The molecular weight excluding hydrogens is 264 g/mol. The SMILES string of the molecule is CCCCCCC(N)Cc1nc(-c2ccccc2)cs1. The molecule has 0 amide bonds. The molecule has 0 saturated carbocycles. The van der Waals surface area contributed by atoms with Gasteiger partial charge < -0.3 is 5.73 Å². The number of rotatable bonds is 8. The van der Waals surface area contributed by atoms with Crippen LogP contribution in [0.15, 0.2) is 35.7 Å². The number of hydrogen-bond donors (Lipinski definition) is 1. The van der Waals surface area contributed by atoms with Crippen LogP contribution in [-0.2, 0) is 6.42 Å². The number of benzene rings is 1. The zero-order chi connectivity index (χ0) is 14.2. The second kappa shape index (κ2) is 8.18. The first-order chi connectivity index (χ1) is 9.79. The molecule has 0 fully saturated rings. The van der Waals surface area contributed by atoms with Crippen molar-refractivity contribution in [1.82, 2.24) is 4.98 Å². The number of nitrogens with zero attached hydrogens (tertiary/aromatic N) is 1. The number of aromatic nitrogens is 1. The maximum absolute atomic E-state index is 6.20. The Hall–Kier alpha value is -1.19. The lowest BCUT2D eigenvalue weighted by molar-refractivity contribution is 0.545. The first kappa shape index (κ1) is 15.2. The van der Waals surface area contributed by atoms with E-state index in [4.69, 9.17) is 10.7 Å². The highest BCUT2D eigenvalue weighted by molar-refractivity contribution is 7.09. The summed E-state index contributed by atoms with van der Waals surface area (Å²) in [5.74, 6) is 0. The van der Waals surface area contributed by atoms with Gasteiger partial charge in [-0.2, -0.15) is 0 Å². The monoisotopic (exact) mass is 288 g/mol. The van der Waals surface area contributed by atoms with Gasteiger partial charge in [0.05, 0.1) is 10.7 Å². The van der Waals surface area contributed by atoms with Crippen LogP contribution in [0, 0.1) is 0 Å². The third-order valence-corrected chi connectivity index (χ3v) is 4.36. The number of hydrogen-bond acceptors (Lipinski definition) is 3. The summed E-state index contributed by atoms with van der Waals surface area (Å²) in [4.78, 5) is 4.70. The molecule has 0 aliphatic carbocycles. The van der Waals surface area contributed by atoms with Gasteiger partial charge in [0.1, 0.15) is 0 Å². The summed E-state index contributed by atoms with van der Waals surface area (Å²) in [6.07, 6.45) is 7.16. The topological polar surface area (TPSA) is 38.9 Å². The number of thiazole rings is 1. The molecule has 1 aromatic carbocycles. The van der Waals surface area contributed by atoms with Crippen molar-refractivity contribution in [3.8, 4) is 11.3 Å². The van der Waals surface area contributed by atoms with Crippen LogP contribution >= 0.6 is 11.3 Å². The molecule has 1 atom stereocenters. The molecule has 2 rings (SSSR count). The van der Waals surface area contributed by atoms with Gasteiger partial charge in [-0.3, -0.25) is 0 Å². The van der Waals surface area contributed by atoms with E-state index < -0.39 is 0 Å². The minimum atomic E-state index is 0.252. The van der Waals surface area contributed by atoms with Crippen molar-refractivity contribution < 1.29 is 0 Å². The number of nitrogens with two attached hydrogens (primary N) is 1. The van der Waals surface area contributed by atoms with Crippen molar-refractivity contribution in [2.24, 2.45) is 5.73 Å². The fraction of sp³-hybridized carbons (Fsp3) is 0.471. The summed E-state index contributed by atoms with van der Waals surface area (Å²) in [5.41, 5.74) is 8.46. The normalized spacial score (nSPS) is 12.5. The lowest BCUT2D eigenvalue weighted by Gasteiger charge is -2.09. The molecule has 0 radical (unpaired) electrons. The Bertz CT molecular complexity index is 493. The molecule has 0 aliphatic heterocycles. The standard InChI is InChI=1S/C17H24N2S/c1-2-3-4-8-11-15(18)12-17-19-16(13-20-17)14-9-6-5-7-10-14/h5-7,9-10,13,15H,2-4,8,11-12,18H2,1H3. The van der Waals surface area contributed by atoms with Gasteiger partial charge in [0.25, 0.3) is 0 Å². The van der Waals surface area contributed by atoms with E-state index >= 15 is 0 Å². The van der Waals surface area contributed by atoms with Crippen LogP contribution in [0.3, 0.4) is 0 Å². The quantitative estimate of drug-likeness (QED) is 0.718. The minimum absolute atomic E-state index is 0.252. The molecule has 1 unspecified atom stereocenters.